The molecule has 2 N–H and O–H groups in total. The van der Waals surface area contributed by atoms with Gasteiger partial charge in [-0.3, -0.25) is 4.79 Å². The number of rotatable bonds is 3. The molecule has 0 amide bonds. The van der Waals surface area contributed by atoms with E-state index >= 15 is 0 Å². The minimum absolute atomic E-state index is 0.0739. The first-order valence-corrected chi connectivity index (χ1v) is 6.65. The fraction of sp³-hybridized carbons (Fsp3) is 0.533. The fourth-order valence-corrected chi connectivity index (χ4v) is 2.81. The number of carbonyl (C=O) groups excluding carboxylic acids is 1. The third-order valence-corrected chi connectivity index (χ3v) is 3.74. The van der Waals surface area contributed by atoms with Gasteiger partial charge in [0.1, 0.15) is 0 Å². The van der Waals surface area contributed by atoms with Gasteiger partial charge < -0.3 is 5.73 Å². The second-order valence-corrected chi connectivity index (χ2v) is 4.90. The van der Waals surface area contributed by atoms with Crippen LogP contribution in [-0.2, 0) is 0 Å². The minimum Gasteiger partial charge on any atom is -0.324 e. The van der Waals surface area contributed by atoms with Gasteiger partial charge >= 0.3 is 0 Å². The summed E-state index contributed by atoms with van der Waals surface area (Å²) in [7, 11) is 0. The highest BCUT2D eigenvalue weighted by molar-refractivity contribution is 5.99. The second-order valence-electron chi connectivity index (χ2n) is 4.90. The highest BCUT2D eigenvalue weighted by Gasteiger charge is 2.19. The van der Waals surface area contributed by atoms with Crippen LogP contribution in [0.1, 0.15) is 60.4 Å². The normalized spacial score (nSPS) is 17.7. The molecule has 0 radical (unpaired) electrons. The van der Waals surface area contributed by atoms with Crippen LogP contribution in [0, 0.1) is 0 Å². The zero-order chi connectivity index (χ0) is 12.1. The molecular weight excluding hydrogens is 210 g/mol. The van der Waals surface area contributed by atoms with Crippen molar-refractivity contribution in [3.05, 3.63) is 35.4 Å². The van der Waals surface area contributed by atoms with E-state index in [-0.39, 0.29) is 12.3 Å². The lowest BCUT2D eigenvalue weighted by atomic mass is 9.87. The summed E-state index contributed by atoms with van der Waals surface area (Å²) >= 11 is 0. The molecule has 0 unspecified atom stereocenters. The number of ketones is 1. The Kier molecular flexibility index (Phi) is 4.32. The van der Waals surface area contributed by atoms with Crippen molar-refractivity contribution in [3.8, 4) is 0 Å². The Morgan fingerprint density at radius 1 is 1.12 bits per heavy atom. The van der Waals surface area contributed by atoms with Crippen LogP contribution >= 0.6 is 0 Å². The lowest BCUT2D eigenvalue weighted by molar-refractivity contribution is 0.1000. The van der Waals surface area contributed by atoms with Crippen molar-refractivity contribution in [2.24, 2.45) is 5.73 Å². The zero-order valence-corrected chi connectivity index (χ0v) is 10.3. The molecule has 0 saturated heterocycles. The number of nitrogens with two attached hydrogens (primary N) is 1. The molecule has 2 heteroatoms. The van der Waals surface area contributed by atoms with Crippen molar-refractivity contribution in [3.63, 3.8) is 0 Å². The Bertz CT molecular complexity index is 378. The number of benzene rings is 1. The summed E-state index contributed by atoms with van der Waals surface area (Å²) in [5.74, 6) is 0.633. The number of carbonyl (C=O) groups is 1. The first-order valence-electron chi connectivity index (χ1n) is 6.65. The minimum atomic E-state index is 0.0739. The first-order chi connectivity index (χ1) is 8.33. The van der Waals surface area contributed by atoms with Crippen molar-refractivity contribution < 1.29 is 4.79 Å². The maximum Gasteiger partial charge on any atom is 0.176 e. The van der Waals surface area contributed by atoms with E-state index in [9.17, 15) is 4.79 Å². The number of hydrogen-bond acceptors (Lipinski definition) is 2. The summed E-state index contributed by atoms with van der Waals surface area (Å²) < 4.78 is 0. The van der Waals surface area contributed by atoms with Gasteiger partial charge in [-0.05, 0) is 24.3 Å². The van der Waals surface area contributed by atoms with E-state index < -0.39 is 0 Å². The van der Waals surface area contributed by atoms with Crippen molar-refractivity contribution in [1.29, 1.82) is 0 Å². The van der Waals surface area contributed by atoms with E-state index in [4.69, 9.17) is 5.73 Å². The van der Waals surface area contributed by atoms with Crippen molar-refractivity contribution in [2.45, 2.75) is 44.4 Å². The maximum atomic E-state index is 11.8. The lowest BCUT2D eigenvalue weighted by Crippen LogP contribution is -2.16. The summed E-state index contributed by atoms with van der Waals surface area (Å²) in [4.78, 5) is 11.8. The van der Waals surface area contributed by atoms with Crippen LogP contribution in [0.3, 0.4) is 0 Å². The summed E-state index contributed by atoms with van der Waals surface area (Å²) in [5, 5.41) is 0. The summed E-state index contributed by atoms with van der Waals surface area (Å²) in [5.41, 5.74) is 7.56. The molecule has 1 aliphatic carbocycles. The molecule has 1 aromatic carbocycles. The van der Waals surface area contributed by atoms with Crippen molar-refractivity contribution >= 4 is 5.78 Å². The fourth-order valence-electron chi connectivity index (χ4n) is 2.81. The summed E-state index contributed by atoms with van der Waals surface area (Å²) in [6.45, 7) is 0.115. The topological polar surface area (TPSA) is 43.1 Å². The smallest absolute Gasteiger partial charge is 0.176 e. The van der Waals surface area contributed by atoms with E-state index in [2.05, 4.69) is 6.07 Å². The van der Waals surface area contributed by atoms with Gasteiger partial charge in [-0.25, -0.2) is 0 Å². The van der Waals surface area contributed by atoms with Crippen LogP contribution in [0.5, 0.6) is 0 Å². The second kappa shape index (κ2) is 5.97. The van der Waals surface area contributed by atoms with Gasteiger partial charge in [0.05, 0.1) is 6.54 Å². The predicted octanol–water partition coefficient (Wildman–Crippen LogP) is 3.27. The molecule has 2 rings (SSSR count). The van der Waals surface area contributed by atoms with Gasteiger partial charge in [-0.1, -0.05) is 49.9 Å². The van der Waals surface area contributed by atoms with Gasteiger partial charge in [0.25, 0.3) is 0 Å². The van der Waals surface area contributed by atoms with Crippen LogP contribution < -0.4 is 5.73 Å². The summed E-state index contributed by atoms with van der Waals surface area (Å²) in [6, 6.07) is 8.00. The van der Waals surface area contributed by atoms with E-state index in [1.165, 1.54) is 44.1 Å². The molecule has 0 aliphatic heterocycles. The predicted molar refractivity (Wildman–Crippen MR) is 70.3 cm³/mol. The Hall–Kier alpha value is -1.15. The molecule has 2 nitrogen and oxygen atoms in total. The molecule has 17 heavy (non-hydrogen) atoms. The van der Waals surface area contributed by atoms with Gasteiger partial charge in [0.2, 0.25) is 0 Å². The maximum absolute atomic E-state index is 11.8. The van der Waals surface area contributed by atoms with Gasteiger partial charge in [-0.2, -0.15) is 0 Å². The third-order valence-electron chi connectivity index (χ3n) is 3.74. The van der Waals surface area contributed by atoms with Crippen LogP contribution in [0.2, 0.25) is 0 Å². The molecule has 0 spiro atoms. The quantitative estimate of drug-likeness (QED) is 0.641. The average Bonchev–Trinajstić information content (AvgIpc) is 2.66. The van der Waals surface area contributed by atoms with Gasteiger partial charge in [-0.15, -0.1) is 0 Å². The molecule has 0 bridgehead atoms. The molecule has 1 aliphatic rings. The lowest BCUT2D eigenvalue weighted by Gasteiger charge is -2.17. The van der Waals surface area contributed by atoms with Crippen LogP contribution in [0.25, 0.3) is 0 Å². The largest absolute Gasteiger partial charge is 0.324 e. The Labute approximate surface area is 103 Å². The molecule has 0 aromatic heterocycles. The Morgan fingerprint density at radius 2 is 1.76 bits per heavy atom. The number of hydrogen-bond donors (Lipinski definition) is 1. The highest BCUT2D eigenvalue weighted by atomic mass is 16.1. The average molecular weight is 231 g/mol. The molecule has 0 heterocycles. The van der Waals surface area contributed by atoms with Crippen LogP contribution in [0.15, 0.2) is 24.3 Å². The number of Topliss-reactive ketones (excluding diaryl/α,β-unsaturated/α-hetero) is 1. The summed E-state index contributed by atoms with van der Waals surface area (Å²) in [6.07, 6.45) is 7.68. The SMILES string of the molecule is NCC(=O)c1ccccc1C1CCCCCC1. The molecule has 0 atom stereocenters. The Balaban J connectivity index is 2.26. The monoisotopic (exact) mass is 231 g/mol. The molecule has 92 valence electrons. The van der Waals surface area contributed by atoms with E-state index in [1.807, 2.05) is 18.2 Å². The van der Waals surface area contributed by atoms with Gasteiger partial charge in [0, 0.05) is 5.56 Å². The van der Waals surface area contributed by atoms with E-state index in [0.29, 0.717) is 5.92 Å². The van der Waals surface area contributed by atoms with Crippen LogP contribution in [0.4, 0.5) is 0 Å². The van der Waals surface area contributed by atoms with Crippen molar-refractivity contribution in [1.82, 2.24) is 0 Å². The highest BCUT2D eigenvalue weighted by Crippen LogP contribution is 2.33. The third kappa shape index (κ3) is 2.95. The standard InChI is InChI=1S/C15H21NO/c16-11-15(17)14-10-6-5-9-13(14)12-7-3-1-2-4-8-12/h5-6,9-10,12H,1-4,7-8,11,16H2. The molecule has 1 aromatic rings. The van der Waals surface area contributed by atoms with E-state index in [0.717, 1.165) is 5.56 Å². The van der Waals surface area contributed by atoms with Crippen molar-refractivity contribution in [2.75, 3.05) is 6.54 Å². The van der Waals surface area contributed by atoms with Crippen LogP contribution in [-0.4, -0.2) is 12.3 Å². The molecular formula is C15H21NO. The molecule has 1 fully saturated rings. The van der Waals surface area contributed by atoms with Gasteiger partial charge in [0.15, 0.2) is 5.78 Å². The first kappa shape index (κ1) is 12.3. The molecule has 1 saturated carbocycles. The Morgan fingerprint density at radius 3 is 2.41 bits per heavy atom. The van der Waals surface area contributed by atoms with E-state index in [1.54, 1.807) is 0 Å². The zero-order valence-electron chi connectivity index (χ0n) is 10.3.